The minimum Gasteiger partial charge on any atom is -0.340 e. The highest BCUT2D eigenvalue weighted by Gasteiger charge is 2.19. The molecule has 0 bridgehead atoms. The fourth-order valence-electron chi connectivity index (χ4n) is 3.31. The van der Waals surface area contributed by atoms with E-state index in [9.17, 15) is 9.59 Å². The van der Waals surface area contributed by atoms with E-state index in [2.05, 4.69) is 28.9 Å². The van der Waals surface area contributed by atoms with E-state index in [1.807, 2.05) is 17.9 Å². The lowest BCUT2D eigenvalue weighted by molar-refractivity contribution is -0.130. The Hall–Kier alpha value is -2.14. The average molecular weight is 313 g/mol. The van der Waals surface area contributed by atoms with Gasteiger partial charge in [0, 0.05) is 45.2 Å². The van der Waals surface area contributed by atoms with Crippen molar-refractivity contribution in [3.63, 3.8) is 0 Å². The Morgan fingerprint density at radius 3 is 2.48 bits per heavy atom. The van der Waals surface area contributed by atoms with E-state index in [-0.39, 0.29) is 11.5 Å². The van der Waals surface area contributed by atoms with Crippen molar-refractivity contribution >= 4 is 16.8 Å². The third-order valence-corrected chi connectivity index (χ3v) is 4.58. The molecule has 5 heteroatoms. The van der Waals surface area contributed by atoms with Crippen LogP contribution in [-0.2, 0) is 11.3 Å². The number of carbonyl (C=O) groups is 1. The highest BCUT2D eigenvalue weighted by atomic mass is 16.2. The van der Waals surface area contributed by atoms with Crippen LogP contribution in [-0.4, -0.2) is 46.9 Å². The third-order valence-electron chi connectivity index (χ3n) is 4.58. The Labute approximate surface area is 135 Å². The quantitative estimate of drug-likeness (QED) is 0.920. The van der Waals surface area contributed by atoms with Crippen molar-refractivity contribution in [2.75, 3.05) is 26.2 Å². The predicted octanol–water partition coefficient (Wildman–Crippen LogP) is 1.81. The molecular weight excluding hydrogens is 290 g/mol. The molecule has 2 heterocycles. The van der Waals surface area contributed by atoms with Gasteiger partial charge in [-0.2, -0.15) is 0 Å². The van der Waals surface area contributed by atoms with Gasteiger partial charge in [-0.1, -0.05) is 11.6 Å². The number of aryl methyl sites for hydroxylation is 2. The first-order valence-corrected chi connectivity index (χ1v) is 8.05. The molecule has 1 aliphatic rings. The van der Waals surface area contributed by atoms with Crippen molar-refractivity contribution < 1.29 is 4.79 Å². The molecule has 0 radical (unpaired) electrons. The van der Waals surface area contributed by atoms with E-state index in [1.165, 1.54) is 5.56 Å². The molecule has 1 fully saturated rings. The molecule has 0 unspecified atom stereocenters. The van der Waals surface area contributed by atoms with Gasteiger partial charge >= 0.3 is 0 Å². The minimum absolute atomic E-state index is 0.0153. The van der Waals surface area contributed by atoms with Gasteiger partial charge in [0.05, 0.1) is 5.52 Å². The number of fused-ring (bicyclic) bond motifs is 1. The van der Waals surface area contributed by atoms with Crippen LogP contribution in [0.2, 0.25) is 0 Å². The Balaban J connectivity index is 1.82. The summed E-state index contributed by atoms with van der Waals surface area (Å²) in [5, 5.41) is 1.08. The molecule has 1 aromatic carbocycles. The van der Waals surface area contributed by atoms with E-state index in [0.29, 0.717) is 6.54 Å². The molecule has 3 rings (SSSR count). The molecule has 2 aromatic rings. The maximum Gasteiger partial charge on any atom is 0.252 e. The van der Waals surface area contributed by atoms with Gasteiger partial charge in [-0.25, -0.2) is 0 Å². The first-order valence-electron chi connectivity index (χ1n) is 8.05. The lowest BCUT2D eigenvalue weighted by atomic mass is 10.1. The van der Waals surface area contributed by atoms with Crippen LogP contribution in [0.3, 0.4) is 0 Å². The zero-order chi connectivity index (χ0) is 16.6. The lowest BCUT2D eigenvalue weighted by Crippen LogP contribution is -2.48. The third kappa shape index (κ3) is 3.29. The predicted molar refractivity (Wildman–Crippen MR) is 91.6 cm³/mol. The maximum atomic E-state index is 12.4. The summed E-state index contributed by atoms with van der Waals surface area (Å²) in [6.45, 7) is 9.41. The van der Waals surface area contributed by atoms with Crippen LogP contribution in [0.5, 0.6) is 0 Å². The number of hydrogen-bond acceptors (Lipinski definition) is 3. The van der Waals surface area contributed by atoms with E-state index in [4.69, 9.17) is 0 Å². The SMILES string of the molecule is CC(=O)N1CCN(Cc2cc3cc(C)cc(C)c3[nH]c2=O)CC1. The van der Waals surface area contributed by atoms with Gasteiger partial charge in [-0.15, -0.1) is 0 Å². The van der Waals surface area contributed by atoms with Crippen LogP contribution in [0.25, 0.3) is 10.9 Å². The van der Waals surface area contributed by atoms with Gasteiger partial charge in [0.2, 0.25) is 5.91 Å². The Morgan fingerprint density at radius 1 is 1.13 bits per heavy atom. The molecule has 1 aromatic heterocycles. The molecule has 0 aliphatic carbocycles. The van der Waals surface area contributed by atoms with Crippen LogP contribution >= 0.6 is 0 Å². The van der Waals surface area contributed by atoms with Gasteiger partial charge in [0.25, 0.3) is 5.56 Å². The highest BCUT2D eigenvalue weighted by Crippen LogP contribution is 2.18. The van der Waals surface area contributed by atoms with Crippen molar-refractivity contribution in [2.24, 2.45) is 0 Å². The number of nitrogens with one attached hydrogen (secondary N) is 1. The van der Waals surface area contributed by atoms with Crippen molar-refractivity contribution in [3.05, 3.63) is 45.2 Å². The fourth-order valence-corrected chi connectivity index (χ4v) is 3.31. The minimum atomic E-state index is -0.0153. The van der Waals surface area contributed by atoms with Crippen LogP contribution in [0.15, 0.2) is 23.0 Å². The second-order valence-electron chi connectivity index (χ2n) is 6.45. The molecule has 0 spiro atoms. The summed E-state index contributed by atoms with van der Waals surface area (Å²) >= 11 is 0. The molecule has 0 atom stereocenters. The van der Waals surface area contributed by atoms with Crippen LogP contribution in [0.1, 0.15) is 23.6 Å². The number of aromatic nitrogens is 1. The van der Waals surface area contributed by atoms with Gasteiger partial charge < -0.3 is 9.88 Å². The summed E-state index contributed by atoms with van der Waals surface area (Å²) in [6.07, 6.45) is 0. The normalized spacial score (nSPS) is 16.0. The number of H-pyrrole nitrogens is 1. The number of aromatic amines is 1. The zero-order valence-electron chi connectivity index (χ0n) is 14.0. The number of hydrogen-bond donors (Lipinski definition) is 1. The Bertz CT molecular complexity index is 802. The van der Waals surface area contributed by atoms with Crippen LogP contribution < -0.4 is 5.56 Å². The number of amides is 1. The molecule has 0 saturated carbocycles. The Morgan fingerprint density at radius 2 is 1.83 bits per heavy atom. The van der Waals surface area contributed by atoms with Gasteiger partial charge in [-0.3, -0.25) is 14.5 Å². The molecular formula is C18H23N3O2. The number of piperazine rings is 1. The summed E-state index contributed by atoms with van der Waals surface area (Å²) in [7, 11) is 0. The first kappa shape index (κ1) is 15.7. The van der Waals surface area contributed by atoms with E-state index < -0.39 is 0 Å². The van der Waals surface area contributed by atoms with Gasteiger partial charge in [-0.05, 0) is 36.9 Å². The fraction of sp³-hybridized carbons (Fsp3) is 0.444. The highest BCUT2D eigenvalue weighted by molar-refractivity contribution is 5.82. The zero-order valence-corrected chi connectivity index (χ0v) is 14.0. The topological polar surface area (TPSA) is 56.4 Å². The smallest absolute Gasteiger partial charge is 0.252 e. The summed E-state index contributed by atoms with van der Waals surface area (Å²) in [4.78, 5) is 30.9. The van der Waals surface area contributed by atoms with Crippen molar-refractivity contribution in [3.8, 4) is 0 Å². The van der Waals surface area contributed by atoms with Crippen LogP contribution in [0, 0.1) is 13.8 Å². The molecule has 1 N–H and O–H groups in total. The van der Waals surface area contributed by atoms with Crippen LogP contribution in [0.4, 0.5) is 0 Å². The Kier molecular flexibility index (Phi) is 4.22. The number of pyridine rings is 1. The number of nitrogens with zero attached hydrogens (tertiary/aromatic N) is 2. The molecule has 23 heavy (non-hydrogen) atoms. The molecule has 122 valence electrons. The van der Waals surface area contributed by atoms with E-state index in [1.54, 1.807) is 6.92 Å². The monoisotopic (exact) mass is 313 g/mol. The second-order valence-corrected chi connectivity index (χ2v) is 6.45. The summed E-state index contributed by atoms with van der Waals surface area (Å²) in [5.41, 5.74) is 3.99. The van der Waals surface area contributed by atoms with Crippen molar-refractivity contribution in [2.45, 2.75) is 27.3 Å². The molecule has 1 aliphatic heterocycles. The van der Waals surface area contributed by atoms with Crippen molar-refractivity contribution in [1.29, 1.82) is 0 Å². The number of rotatable bonds is 2. The van der Waals surface area contributed by atoms with Gasteiger partial charge in [0.15, 0.2) is 0 Å². The maximum absolute atomic E-state index is 12.4. The second kappa shape index (κ2) is 6.16. The van der Waals surface area contributed by atoms with Gasteiger partial charge in [0.1, 0.15) is 0 Å². The summed E-state index contributed by atoms with van der Waals surface area (Å²) in [5.74, 6) is 0.124. The van der Waals surface area contributed by atoms with E-state index >= 15 is 0 Å². The molecule has 1 saturated heterocycles. The molecule has 1 amide bonds. The van der Waals surface area contributed by atoms with Crippen molar-refractivity contribution in [1.82, 2.24) is 14.8 Å². The summed E-state index contributed by atoms with van der Waals surface area (Å²) < 4.78 is 0. The van der Waals surface area contributed by atoms with E-state index in [0.717, 1.165) is 48.2 Å². The largest absolute Gasteiger partial charge is 0.340 e. The number of carbonyl (C=O) groups excluding carboxylic acids is 1. The molecule has 5 nitrogen and oxygen atoms in total. The standard InChI is InChI=1S/C18H23N3O2/c1-12-8-13(2)17-15(9-12)10-16(18(23)19-17)11-20-4-6-21(7-5-20)14(3)22/h8-10H,4-7,11H2,1-3H3,(H,19,23). The number of benzene rings is 1. The summed E-state index contributed by atoms with van der Waals surface area (Å²) in [6, 6.07) is 6.19. The lowest BCUT2D eigenvalue weighted by Gasteiger charge is -2.34. The average Bonchev–Trinajstić information content (AvgIpc) is 2.49. The first-order chi connectivity index (χ1) is 10.9.